The van der Waals surface area contributed by atoms with E-state index in [2.05, 4.69) is 5.32 Å². The van der Waals surface area contributed by atoms with Crippen LogP contribution in [-0.2, 0) is 9.59 Å². The third-order valence-corrected chi connectivity index (χ3v) is 2.88. The van der Waals surface area contributed by atoms with Gasteiger partial charge in [0.15, 0.2) is 5.75 Å². The lowest BCUT2D eigenvalue weighted by Gasteiger charge is -2.16. The molecule has 20 heavy (non-hydrogen) atoms. The van der Waals surface area contributed by atoms with Gasteiger partial charge in [-0.3, -0.25) is 9.59 Å². The molecule has 0 heterocycles. The van der Waals surface area contributed by atoms with E-state index < -0.39 is 0 Å². The van der Waals surface area contributed by atoms with Gasteiger partial charge in [0.25, 0.3) is 0 Å². The standard InChI is InChI=1S/C16H23NO3/c1-9(2)15(18)17-13-8-11(5)7-12(6)14(13)20-16(19)10(3)4/h7-10H,1-6H3,(H,17,18). The van der Waals surface area contributed by atoms with E-state index in [9.17, 15) is 9.59 Å². The minimum Gasteiger partial charge on any atom is -0.424 e. The lowest BCUT2D eigenvalue weighted by molar-refractivity contribution is -0.137. The SMILES string of the molecule is Cc1cc(C)c(OC(=O)C(C)C)c(NC(=O)C(C)C)c1. The maximum Gasteiger partial charge on any atom is 0.313 e. The van der Waals surface area contributed by atoms with Gasteiger partial charge in [-0.05, 0) is 31.0 Å². The number of carbonyl (C=O) groups excluding carboxylic acids is 2. The van der Waals surface area contributed by atoms with Crippen LogP contribution < -0.4 is 10.1 Å². The topological polar surface area (TPSA) is 55.4 Å². The summed E-state index contributed by atoms with van der Waals surface area (Å²) in [6.07, 6.45) is 0. The molecule has 110 valence electrons. The van der Waals surface area contributed by atoms with Gasteiger partial charge in [-0.15, -0.1) is 0 Å². The molecule has 0 radical (unpaired) electrons. The number of benzene rings is 1. The Morgan fingerprint density at radius 1 is 1.05 bits per heavy atom. The Kier molecular flexibility index (Phi) is 5.31. The van der Waals surface area contributed by atoms with Gasteiger partial charge in [-0.1, -0.05) is 33.8 Å². The lowest BCUT2D eigenvalue weighted by Crippen LogP contribution is -2.21. The van der Waals surface area contributed by atoms with Crippen molar-refractivity contribution in [2.75, 3.05) is 5.32 Å². The van der Waals surface area contributed by atoms with Gasteiger partial charge in [-0.25, -0.2) is 0 Å². The highest BCUT2D eigenvalue weighted by Gasteiger charge is 2.18. The van der Waals surface area contributed by atoms with Crippen LogP contribution in [0.5, 0.6) is 5.75 Å². The van der Waals surface area contributed by atoms with Crippen molar-refractivity contribution in [3.63, 3.8) is 0 Å². The zero-order valence-electron chi connectivity index (χ0n) is 13.0. The van der Waals surface area contributed by atoms with Gasteiger partial charge < -0.3 is 10.1 Å². The molecule has 1 aromatic rings. The summed E-state index contributed by atoms with van der Waals surface area (Å²) in [7, 11) is 0. The number of aryl methyl sites for hydroxylation is 2. The number of nitrogens with one attached hydrogen (secondary N) is 1. The molecule has 0 atom stereocenters. The van der Waals surface area contributed by atoms with Crippen molar-refractivity contribution in [3.05, 3.63) is 23.3 Å². The van der Waals surface area contributed by atoms with Gasteiger partial charge in [-0.2, -0.15) is 0 Å². The summed E-state index contributed by atoms with van der Waals surface area (Å²) in [4.78, 5) is 23.6. The number of esters is 1. The Bertz CT molecular complexity index is 519. The summed E-state index contributed by atoms with van der Waals surface area (Å²) >= 11 is 0. The first-order valence-electron chi connectivity index (χ1n) is 6.86. The van der Waals surface area contributed by atoms with Crippen LogP contribution in [0.4, 0.5) is 5.69 Å². The quantitative estimate of drug-likeness (QED) is 0.677. The van der Waals surface area contributed by atoms with Crippen molar-refractivity contribution < 1.29 is 14.3 Å². The van der Waals surface area contributed by atoms with Gasteiger partial charge >= 0.3 is 5.97 Å². The minimum atomic E-state index is -0.308. The molecule has 0 saturated carbocycles. The summed E-state index contributed by atoms with van der Waals surface area (Å²) in [5, 5.41) is 2.82. The molecule has 4 nitrogen and oxygen atoms in total. The highest BCUT2D eigenvalue weighted by molar-refractivity contribution is 5.94. The van der Waals surface area contributed by atoms with E-state index in [0.29, 0.717) is 11.4 Å². The Hall–Kier alpha value is -1.84. The van der Waals surface area contributed by atoms with Crippen molar-refractivity contribution in [2.24, 2.45) is 11.8 Å². The highest BCUT2D eigenvalue weighted by Crippen LogP contribution is 2.31. The fourth-order valence-corrected chi connectivity index (χ4v) is 1.68. The molecule has 0 unspecified atom stereocenters. The monoisotopic (exact) mass is 277 g/mol. The van der Waals surface area contributed by atoms with Gasteiger partial charge in [0.2, 0.25) is 5.91 Å². The van der Waals surface area contributed by atoms with Crippen LogP contribution in [0.15, 0.2) is 12.1 Å². The summed E-state index contributed by atoms with van der Waals surface area (Å²) in [5.74, 6) is -0.328. The smallest absolute Gasteiger partial charge is 0.313 e. The summed E-state index contributed by atoms with van der Waals surface area (Å²) in [5.41, 5.74) is 2.39. The predicted molar refractivity (Wildman–Crippen MR) is 79.9 cm³/mol. The van der Waals surface area contributed by atoms with Crippen molar-refractivity contribution in [2.45, 2.75) is 41.5 Å². The van der Waals surface area contributed by atoms with Gasteiger partial charge in [0.05, 0.1) is 11.6 Å². The average Bonchev–Trinajstić information content (AvgIpc) is 2.32. The van der Waals surface area contributed by atoms with E-state index in [-0.39, 0.29) is 23.7 Å². The van der Waals surface area contributed by atoms with Crippen LogP contribution in [0.3, 0.4) is 0 Å². The van der Waals surface area contributed by atoms with Crippen molar-refractivity contribution >= 4 is 17.6 Å². The first kappa shape index (κ1) is 16.2. The number of rotatable bonds is 4. The van der Waals surface area contributed by atoms with E-state index in [1.54, 1.807) is 13.8 Å². The molecule has 0 bridgehead atoms. The molecule has 0 aliphatic heterocycles. The summed E-state index contributed by atoms with van der Waals surface area (Å²) in [6, 6.07) is 3.74. The summed E-state index contributed by atoms with van der Waals surface area (Å²) < 4.78 is 5.42. The Balaban J connectivity index is 3.14. The van der Waals surface area contributed by atoms with E-state index in [0.717, 1.165) is 11.1 Å². The predicted octanol–water partition coefficient (Wildman–Crippen LogP) is 3.46. The zero-order chi connectivity index (χ0) is 15.4. The van der Waals surface area contributed by atoms with Crippen LogP contribution >= 0.6 is 0 Å². The Morgan fingerprint density at radius 2 is 1.65 bits per heavy atom. The molecule has 0 aliphatic rings. The van der Waals surface area contributed by atoms with E-state index in [1.807, 2.05) is 39.8 Å². The van der Waals surface area contributed by atoms with Crippen LogP contribution in [0.25, 0.3) is 0 Å². The van der Waals surface area contributed by atoms with E-state index in [1.165, 1.54) is 0 Å². The molecule has 1 rings (SSSR count). The number of hydrogen-bond acceptors (Lipinski definition) is 3. The van der Waals surface area contributed by atoms with Gasteiger partial charge in [0, 0.05) is 5.92 Å². The molecule has 0 fully saturated rings. The summed E-state index contributed by atoms with van der Waals surface area (Å²) in [6.45, 7) is 11.0. The first-order chi connectivity index (χ1) is 9.22. The second-order valence-electron chi connectivity index (χ2n) is 5.68. The molecule has 0 aliphatic carbocycles. The van der Waals surface area contributed by atoms with Crippen LogP contribution in [-0.4, -0.2) is 11.9 Å². The fourth-order valence-electron chi connectivity index (χ4n) is 1.68. The zero-order valence-corrected chi connectivity index (χ0v) is 13.0. The van der Waals surface area contributed by atoms with Crippen molar-refractivity contribution in [1.29, 1.82) is 0 Å². The largest absolute Gasteiger partial charge is 0.424 e. The molecular weight excluding hydrogens is 254 g/mol. The number of carbonyl (C=O) groups is 2. The van der Waals surface area contributed by atoms with Crippen molar-refractivity contribution in [3.8, 4) is 5.75 Å². The molecular formula is C16H23NO3. The molecule has 1 aromatic carbocycles. The number of ether oxygens (including phenoxy) is 1. The number of amides is 1. The third kappa shape index (κ3) is 4.08. The van der Waals surface area contributed by atoms with E-state index in [4.69, 9.17) is 4.74 Å². The maximum atomic E-state index is 11.9. The molecule has 1 N–H and O–H groups in total. The molecule has 0 spiro atoms. The van der Waals surface area contributed by atoms with Crippen LogP contribution in [0, 0.1) is 25.7 Å². The van der Waals surface area contributed by atoms with Crippen LogP contribution in [0.2, 0.25) is 0 Å². The second-order valence-corrected chi connectivity index (χ2v) is 5.68. The minimum absolute atomic E-state index is 0.100. The molecule has 1 amide bonds. The number of hydrogen-bond donors (Lipinski definition) is 1. The third-order valence-electron chi connectivity index (χ3n) is 2.88. The van der Waals surface area contributed by atoms with E-state index >= 15 is 0 Å². The highest BCUT2D eigenvalue weighted by atomic mass is 16.5. The average molecular weight is 277 g/mol. The Labute approximate surface area is 120 Å². The molecule has 0 aromatic heterocycles. The van der Waals surface area contributed by atoms with Crippen molar-refractivity contribution in [1.82, 2.24) is 0 Å². The maximum absolute atomic E-state index is 11.9. The normalized spacial score (nSPS) is 10.8. The van der Waals surface area contributed by atoms with Crippen LogP contribution in [0.1, 0.15) is 38.8 Å². The second kappa shape index (κ2) is 6.55. The molecule has 0 saturated heterocycles. The number of anilines is 1. The van der Waals surface area contributed by atoms with Gasteiger partial charge in [0.1, 0.15) is 0 Å². The lowest BCUT2D eigenvalue weighted by atomic mass is 10.1. The molecule has 4 heteroatoms. The Morgan fingerprint density at radius 3 is 2.15 bits per heavy atom. The fraction of sp³-hybridized carbons (Fsp3) is 0.500. The first-order valence-corrected chi connectivity index (χ1v) is 6.86.